The van der Waals surface area contributed by atoms with Crippen LogP contribution < -0.4 is 0 Å². The van der Waals surface area contributed by atoms with E-state index in [1.165, 1.54) is 0 Å². The molecule has 0 heterocycles. The molecule has 0 amide bonds. The van der Waals surface area contributed by atoms with Gasteiger partial charge in [-0.05, 0) is 0 Å². The average molecular weight is 323 g/mol. The Morgan fingerprint density at radius 2 is 0.800 bits per heavy atom. The van der Waals surface area contributed by atoms with Crippen molar-refractivity contribution in [1.82, 2.24) is 0 Å². The second-order valence-corrected chi connectivity index (χ2v) is 2.83. The van der Waals surface area contributed by atoms with Gasteiger partial charge in [-0.15, -0.1) is 0 Å². The molecule has 0 bridgehead atoms. The third-order valence-electron chi connectivity index (χ3n) is 0. The summed E-state index contributed by atoms with van der Waals surface area (Å²) in [6.45, 7) is 0. The van der Waals surface area contributed by atoms with Gasteiger partial charge in [0.2, 0.25) is 0 Å². The molecule has 5 heavy (non-hydrogen) atoms. The Balaban J connectivity index is 3.02. The van der Waals surface area contributed by atoms with Gasteiger partial charge in [-0.1, -0.05) is 0 Å². The third kappa shape index (κ3) is 0.861. The molecule has 0 unspecified atom stereocenters. The topological polar surface area (TPSA) is 0 Å². The Bertz CT molecular complexity index is 19.1. The summed E-state index contributed by atoms with van der Waals surface area (Å²) in [5, 5.41) is 0. The van der Waals surface area contributed by atoms with Gasteiger partial charge in [0.15, 0.2) is 0 Å². The fraction of sp³-hybridized carbons (Fsp3) is 0. The van der Waals surface area contributed by atoms with Gasteiger partial charge in [0.05, 0.1) is 0 Å². The summed E-state index contributed by atoms with van der Waals surface area (Å²) < 4.78 is 32.4. The SMILES string of the molecule is [F][Cm]([F])([F])[F]. The summed E-state index contributed by atoms with van der Waals surface area (Å²) in [4.78, 5) is 0. The number of rotatable bonds is 0. The molecular weight excluding hydrogens is 323 g/mol. The quantitative estimate of drug-likeness (QED) is 0.595. The predicted octanol–water partition coefficient (Wildman–Crippen LogP) is 1.68. The zero-order valence-corrected chi connectivity index (χ0v) is 4.81. The third-order valence-corrected chi connectivity index (χ3v) is 0. The van der Waals surface area contributed by atoms with E-state index in [2.05, 4.69) is 0 Å². The Morgan fingerprint density at radius 1 is 0.800 bits per heavy atom. The van der Waals surface area contributed by atoms with Crippen molar-refractivity contribution in [2.45, 2.75) is 0 Å². The van der Waals surface area contributed by atoms with Crippen molar-refractivity contribution < 1.29 is 18.8 Å². The van der Waals surface area contributed by atoms with Crippen LogP contribution in [0.2, 0.25) is 0 Å². The molecule has 0 radical (unpaired) electrons. The minimum atomic E-state index is -7.17. The van der Waals surface area contributed by atoms with Gasteiger partial charge < -0.3 is 0 Å². The van der Waals surface area contributed by atoms with E-state index in [0.29, 0.717) is 0 Å². The Labute approximate surface area is 20.3 Å². The first-order chi connectivity index (χ1) is 2.00. The molecule has 0 fully saturated rings. The second kappa shape index (κ2) is 0.361. The van der Waals surface area contributed by atoms with Crippen molar-refractivity contribution in [3.05, 3.63) is 0 Å². The van der Waals surface area contributed by atoms with Crippen LogP contribution in [0.5, 0.6) is 0 Å². The van der Waals surface area contributed by atoms with E-state index in [1.54, 1.807) is 0 Å². The Morgan fingerprint density at radius 3 is 0.800 bits per heavy atom. The molecule has 0 N–H and O–H groups in total. The van der Waals surface area contributed by atoms with E-state index >= 15 is 0 Å². The monoisotopic (exact) mass is 319 g/mol. The van der Waals surface area contributed by atoms with E-state index < -0.39 is 0 Å². The van der Waals surface area contributed by atoms with E-state index in [9.17, 15) is 18.8 Å². The van der Waals surface area contributed by atoms with E-state index in [0.717, 1.165) is 0 Å². The van der Waals surface area contributed by atoms with Crippen LogP contribution in [0, 0.1) is 0 Å². The van der Waals surface area contributed by atoms with Crippen LogP contribution >= 0.6 is 0 Å². The van der Waals surface area contributed by atoms with Gasteiger partial charge in [0.1, 0.15) is 0 Å². The summed E-state index contributed by atoms with van der Waals surface area (Å²) >= 11 is 0. The van der Waals surface area contributed by atoms with Crippen LogP contribution in [-0.4, -0.2) is 0 Å². The molecule has 0 aromatic carbocycles. The molecule has 0 spiro atoms. The van der Waals surface area contributed by atoms with Crippen molar-refractivity contribution in [2.24, 2.45) is 0 Å². The van der Waals surface area contributed by atoms with Crippen LogP contribution in [0.1, 0.15) is 0 Å². The van der Waals surface area contributed by atoms with Gasteiger partial charge in [-0.3, -0.25) is 0 Å². The van der Waals surface area contributed by atoms with Gasteiger partial charge in [0, 0.05) is 0 Å². The molecule has 36 valence electrons. The average Bonchev–Trinajstić information content (AvgIpc) is 0.722. The summed E-state index contributed by atoms with van der Waals surface area (Å²) in [6.07, 6.45) is 0. The summed E-state index contributed by atoms with van der Waals surface area (Å²) in [7, 11) is 0. The molecule has 0 aromatic rings. The molecule has 0 aliphatic rings. The molecule has 0 aliphatic heterocycles. The number of hydrogen-bond donors (Lipinski definition) is 0. The van der Waals surface area contributed by atoms with Crippen molar-refractivity contribution in [1.29, 1.82) is 0 Å². The molecule has 5 heteroatoms. The second-order valence-electron chi connectivity index (χ2n) is 0.303. The van der Waals surface area contributed by atoms with Gasteiger partial charge in [0.25, 0.3) is 0 Å². The molecule has 0 aromatic heterocycles. The van der Waals surface area contributed by atoms with Gasteiger partial charge in [-0.2, -0.15) is 0 Å². The Kier molecular flexibility index (Phi) is 0.269. The molecule has 0 nitrogen and oxygen atoms in total. The fourth-order valence-corrected chi connectivity index (χ4v) is 0. The molecule has 0 saturated heterocycles. The number of halogens is 4. The fourth-order valence-electron chi connectivity index (χ4n) is 0. The normalized spacial score (nSPS) is 12.0. The molecule has 0 atom stereocenters. The maximum atomic E-state index is 9.90. The molecular formula is CmF4. The first-order valence-corrected chi connectivity index (χ1v) is 4.99. The van der Waals surface area contributed by atoms with E-state index in [1.807, 2.05) is 0 Å². The molecule has 0 saturated carbocycles. The summed E-state index contributed by atoms with van der Waals surface area (Å²) in [5.41, 5.74) is 0. The summed E-state index contributed by atoms with van der Waals surface area (Å²) in [6, 6.07) is 0. The predicted molar refractivity (Wildman–Crippen MR) is 4.43 cm³/mol. The number of hydrogen-bond acceptors (Lipinski definition) is 0. The van der Waals surface area contributed by atoms with Crippen LogP contribution in [0.4, 0.5) is 18.8 Å². The van der Waals surface area contributed by atoms with Crippen LogP contribution in [0.15, 0.2) is 0 Å². The molecule has 0 rings (SSSR count). The zero-order valence-electron chi connectivity index (χ0n) is 1.87. The first-order valence-electron chi connectivity index (χ1n) is 0.535. The van der Waals surface area contributed by atoms with Gasteiger partial charge in [-0.25, -0.2) is 0 Å². The van der Waals surface area contributed by atoms with Crippen molar-refractivity contribution in [2.75, 3.05) is 0 Å². The van der Waals surface area contributed by atoms with Crippen LogP contribution in [-0.2, 0) is 0 Å². The van der Waals surface area contributed by atoms with Gasteiger partial charge >= 0.3 is 18.8 Å². The van der Waals surface area contributed by atoms with E-state index in [4.69, 9.17) is 0 Å². The first kappa shape index (κ1) is 3.72. The minimum absolute atomic E-state index is 7.17. The van der Waals surface area contributed by atoms with Crippen LogP contribution in [0.3, 0.4) is 0 Å². The molecule has 0 aliphatic carbocycles. The standard InChI is InChI=1S/Cm.4FH/h;4*1H/q+4;;;;/p-4. The Hall–Kier alpha value is -1.28. The van der Waals surface area contributed by atoms with Crippen LogP contribution in [0.25, 0.3) is 0 Å². The summed E-state index contributed by atoms with van der Waals surface area (Å²) in [5.74, 6) is 0. The van der Waals surface area contributed by atoms with E-state index in [-0.39, 0.29) is 0 Å². The maximum absolute atomic E-state index is 9.90. The van der Waals surface area contributed by atoms with Crippen molar-refractivity contribution >= 4 is 0 Å². The van der Waals surface area contributed by atoms with Crippen molar-refractivity contribution in [3.8, 4) is 0 Å². The van der Waals surface area contributed by atoms with Crippen molar-refractivity contribution in [3.63, 3.8) is 0 Å². The zero-order chi connectivity index (χ0) is 4.50.